The average molecular weight is 859 g/mol. The van der Waals surface area contributed by atoms with E-state index >= 15 is 0 Å². The zero-order valence-electron chi connectivity index (χ0n) is 35.9. The van der Waals surface area contributed by atoms with E-state index in [1.54, 1.807) is 6.08 Å². The highest BCUT2D eigenvalue weighted by molar-refractivity contribution is 5.66. The molecular formula is C52H58O11. The zero-order valence-corrected chi connectivity index (χ0v) is 35.9. The molecule has 0 unspecified atom stereocenters. The maximum Gasteiger partial charge on any atom is 0.303 e. The minimum Gasteiger partial charge on any atom is -0.454 e. The summed E-state index contributed by atoms with van der Waals surface area (Å²) in [7, 11) is 0. The molecule has 5 aromatic carbocycles. The van der Waals surface area contributed by atoms with Gasteiger partial charge in [0.25, 0.3) is 0 Å². The van der Waals surface area contributed by atoms with E-state index in [2.05, 4.69) is 6.58 Å². The summed E-state index contributed by atoms with van der Waals surface area (Å²) in [4.78, 5) is 12.9. The molecule has 0 spiro atoms. The third-order valence-electron chi connectivity index (χ3n) is 10.8. The number of ether oxygens (including phenoxy) is 10. The first kappa shape index (κ1) is 46.0. The second kappa shape index (κ2) is 24.1. The minimum atomic E-state index is -1.13. The van der Waals surface area contributed by atoms with Gasteiger partial charge >= 0.3 is 5.97 Å². The molecule has 2 aliphatic rings. The number of esters is 1. The molecule has 2 heterocycles. The lowest BCUT2D eigenvalue weighted by Crippen LogP contribution is -2.66. The van der Waals surface area contributed by atoms with Crippen molar-refractivity contribution in [3.8, 4) is 0 Å². The van der Waals surface area contributed by atoms with Gasteiger partial charge in [-0.3, -0.25) is 4.79 Å². The summed E-state index contributed by atoms with van der Waals surface area (Å²) >= 11 is 0. The summed E-state index contributed by atoms with van der Waals surface area (Å²) in [5.74, 6) is -0.548. The van der Waals surface area contributed by atoms with E-state index < -0.39 is 67.4 Å². The van der Waals surface area contributed by atoms with Gasteiger partial charge in [0.1, 0.15) is 36.6 Å². The van der Waals surface area contributed by atoms with Crippen LogP contribution in [0.15, 0.2) is 164 Å². The maximum absolute atomic E-state index is 12.9. The summed E-state index contributed by atoms with van der Waals surface area (Å²) in [5.41, 5.74) is 4.83. The van der Waals surface area contributed by atoms with Gasteiger partial charge in [-0.05, 0) is 34.7 Å². The molecule has 5 aromatic rings. The van der Waals surface area contributed by atoms with Crippen LogP contribution in [-0.4, -0.2) is 80.6 Å². The Bertz CT molecular complexity index is 2060. The number of rotatable bonds is 22. The summed E-state index contributed by atoms with van der Waals surface area (Å²) in [6.45, 7) is 8.60. The van der Waals surface area contributed by atoms with Crippen LogP contribution in [-0.2, 0) is 85.2 Å². The fourth-order valence-corrected chi connectivity index (χ4v) is 7.75. The molecule has 0 aliphatic carbocycles. The van der Waals surface area contributed by atoms with Gasteiger partial charge in [0.05, 0.1) is 52.4 Å². The summed E-state index contributed by atoms with van der Waals surface area (Å²) in [5, 5.41) is 0. The van der Waals surface area contributed by atoms with Gasteiger partial charge in [-0.2, -0.15) is 0 Å². The summed E-state index contributed by atoms with van der Waals surface area (Å²) in [6, 6.07) is 49.5. The molecule has 332 valence electrons. The van der Waals surface area contributed by atoms with Crippen molar-refractivity contribution in [2.24, 2.45) is 0 Å². The molecule has 2 aliphatic heterocycles. The van der Waals surface area contributed by atoms with Crippen LogP contribution in [0.3, 0.4) is 0 Å². The molecule has 10 atom stereocenters. The smallest absolute Gasteiger partial charge is 0.303 e. The van der Waals surface area contributed by atoms with Gasteiger partial charge in [0.2, 0.25) is 0 Å². The van der Waals surface area contributed by atoms with Crippen LogP contribution in [0.25, 0.3) is 0 Å². The van der Waals surface area contributed by atoms with Gasteiger partial charge in [-0.1, -0.05) is 158 Å². The number of hydrogen-bond acceptors (Lipinski definition) is 11. The second-order valence-electron chi connectivity index (χ2n) is 15.6. The van der Waals surface area contributed by atoms with Crippen molar-refractivity contribution in [3.05, 3.63) is 192 Å². The highest BCUT2D eigenvalue weighted by atomic mass is 16.8. The number of benzene rings is 5. The van der Waals surface area contributed by atoms with E-state index in [4.69, 9.17) is 47.4 Å². The van der Waals surface area contributed by atoms with E-state index in [9.17, 15) is 4.79 Å². The molecule has 0 bridgehead atoms. The molecule has 0 N–H and O–H groups in total. The van der Waals surface area contributed by atoms with Gasteiger partial charge in [0.15, 0.2) is 18.7 Å². The lowest BCUT2D eigenvalue weighted by molar-refractivity contribution is -0.371. The summed E-state index contributed by atoms with van der Waals surface area (Å²) in [6.07, 6.45) is -7.02. The first-order valence-electron chi connectivity index (χ1n) is 21.5. The maximum atomic E-state index is 12.9. The lowest BCUT2D eigenvalue weighted by Gasteiger charge is -2.49. The first-order chi connectivity index (χ1) is 30.9. The van der Waals surface area contributed by atoms with Crippen molar-refractivity contribution in [1.29, 1.82) is 0 Å². The molecule has 0 saturated carbocycles. The Kier molecular flexibility index (Phi) is 17.6. The Morgan fingerprint density at radius 3 is 1.40 bits per heavy atom. The SMILES string of the molecule is C=CCO[C@@H]1O[C@@H](C)[C@H](OCc2ccccc2)[C@@H](O[C@H]2O[C@H](COCc3ccccc3)[C@@H](OCc3ccccc3)[C@H](OCc3ccccc3)[C@H]2OCc2ccccc2)[C@H]1OC(C)=O. The topological polar surface area (TPSA) is 109 Å². The van der Waals surface area contributed by atoms with Crippen LogP contribution in [0, 0.1) is 0 Å². The first-order valence-corrected chi connectivity index (χ1v) is 21.5. The largest absolute Gasteiger partial charge is 0.454 e. The molecule has 2 saturated heterocycles. The van der Waals surface area contributed by atoms with Crippen molar-refractivity contribution in [1.82, 2.24) is 0 Å². The quantitative estimate of drug-likeness (QED) is 0.0494. The van der Waals surface area contributed by atoms with Crippen molar-refractivity contribution < 1.29 is 52.2 Å². The zero-order chi connectivity index (χ0) is 43.6. The Labute approximate surface area is 370 Å². The Hall–Kier alpha value is -5.05. The van der Waals surface area contributed by atoms with Crippen LogP contribution in [0.1, 0.15) is 41.7 Å². The Balaban J connectivity index is 1.28. The number of carbonyl (C=O) groups is 1. The van der Waals surface area contributed by atoms with Gasteiger partial charge in [0, 0.05) is 6.92 Å². The van der Waals surface area contributed by atoms with Gasteiger partial charge < -0.3 is 47.4 Å². The van der Waals surface area contributed by atoms with Crippen LogP contribution >= 0.6 is 0 Å². The Morgan fingerprint density at radius 2 is 0.937 bits per heavy atom. The monoisotopic (exact) mass is 858 g/mol. The van der Waals surface area contributed by atoms with Gasteiger partial charge in [-0.25, -0.2) is 0 Å². The van der Waals surface area contributed by atoms with E-state index in [-0.39, 0.29) is 39.6 Å². The molecular weight excluding hydrogens is 801 g/mol. The average Bonchev–Trinajstić information content (AvgIpc) is 3.31. The molecule has 7 rings (SSSR count). The molecule has 0 radical (unpaired) electrons. The van der Waals surface area contributed by atoms with E-state index in [0.29, 0.717) is 6.61 Å². The van der Waals surface area contributed by atoms with E-state index in [1.165, 1.54) is 6.92 Å². The van der Waals surface area contributed by atoms with Crippen molar-refractivity contribution >= 4 is 5.97 Å². The molecule has 0 amide bonds. The van der Waals surface area contributed by atoms with Crippen LogP contribution in [0.4, 0.5) is 0 Å². The molecule has 63 heavy (non-hydrogen) atoms. The third kappa shape index (κ3) is 13.5. The van der Waals surface area contributed by atoms with Crippen molar-refractivity contribution in [2.75, 3.05) is 13.2 Å². The lowest BCUT2D eigenvalue weighted by atomic mass is 9.96. The predicted octanol–water partition coefficient (Wildman–Crippen LogP) is 8.53. The second-order valence-corrected chi connectivity index (χ2v) is 15.6. The summed E-state index contributed by atoms with van der Waals surface area (Å²) < 4.78 is 66.6. The molecule has 2 fully saturated rings. The molecule has 0 aromatic heterocycles. The van der Waals surface area contributed by atoms with Crippen LogP contribution in [0.5, 0.6) is 0 Å². The highest BCUT2D eigenvalue weighted by Gasteiger charge is 2.54. The Morgan fingerprint density at radius 1 is 0.508 bits per heavy atom. The fraction of sp³-hybridized carbons (Fsp3) is 0.365. The van der Waals surface area contributed by atoms with Crippen LogP contribution in [0.2, 0.25) is 0 Å². The fourth-order valence-electron chi connectivity index (χ4n) is 7.75. The van der Waals surface area contributed by atoms with E-state index in [1.807, 2.05) is 159 Å². The van der Waals surface area contributed by atoms with Crippen molar-refractivity contribution in [3.63, 3.8) is 0 Å². The number of carbonyl (C=O) groups excluding carboxylic acids is 1. The van der Waals surface area contributed by atoms with Gasteiger partial charge in [-0.15, -0.1) is 6.58 Å². The predicted molar refractivity (Wildman–Crippen MR) is 236 cm³/mol. The highest BCUT2D eigenvalue weighted by Crippen LogP contribution is 2.36. The molecule has 11 nitrogen and oxygen atoms in total. The number of hydrogen-bond donors (Lipinski definition) is 0. The normalized spacial score (nSPS) is 25.9. The van der Waals surface area contributed by atoms with Crippen molar-refractivity contribution in [2.45, 2.75) is 108 Å². The third-order valence-corrected chi connectivity index (χ3v) is 10.8. The minimum absolute atomic E-state index is 0.126. The van der Waals surface area contributed by atoms with E-state index in [0.717, 1.165) is 27.8 Å². The van der Waals surface area contributed by atoms with Crippen LogP contribution < -0.4 is 0 Å². The molecule has 11 heteroatoms. The standard InChI is InChI=1S/C52H58O11/c1-4-30-55-51-50(61-38(3)53)48(45(37(2)60-51)56-32-40-22-12-6-13-23-40)63-52-49(59-35-43-28-18-9-19-29-43)47(58-34-42-26-16-8-17-27-42)46(57-33-41-24-14-7-15-25-41)44(62-52)36-54-31-39-20-10-5-11-21-39/h4-29,37,44-52H,1,30-36H2,2-3H3/t37-,44+,45-,46+,47-,48+,49+,50+,51+,52+/m0/s1.